The fraction of sp³-hybridized carbons (Fsp3) is 0.412. The molecule has 0 aliphatic carbocycles. The standard InChI is InChI=1S/C17H21N3O4/c1-20-8-9-23-15(11-20)17-18-16(24-19-17)7-5-12-4-6-13(21-2)14(10-12)22-3/h4-7,10,15H,8-9,11H2,1-3H3. The third-order valence-corrected chi connectivity index (χ3v) is 3.84. The lowest BCUT2D eigenvalue weighted by Crippen LogP contribution is -2.35. The first-order valence-electron chi connectivity index (χ1n) is 7.73. The van der Waals surface area contributed by atoms with Gasteiger partial charge in [-0.1, -0.05) is 11.2 Å². The Morgan fingerprint density at radius 2 is 2.04 bits per heavy atom. The molecule has 2 aromatic rings. The van der Waals surface area contributed by atoms with Crippen molar-refractivity contribution in [1.29, 1.82) is 0 Å². The molecule has 0 N–H and O–H groups in total. The van der Waals surface area contributed by atoms with Gasteiger partial charge >= 0.3 is 0 Å². The Balaban J connectivity index is 1.71. The van der Waals surface area contributed by atoms with E-state index in [-0.39, 0.29) is 6.10 Å². The van der Waals surface area contributed by atoms with Gasteiger partial charge in [-0.15, -0.1) is 0 Å². The average molecular weight is 331 g/mol. The number of nitrogens with zero attached hydrogens (tertiary/aromatic N) is 3. The summed E-state index contributed by atoms with van der Waals surface area (Å²) >= 11 is 0. The van der Waals surface area contributed by atoms with Crippen LogP contribution in [0.15, 0.2) is 22.7 Å². The van der Waals surface area contributed by atoms with Crippen molar-refractivity contribution in [3.8, 4) is 11.5 Å². The zero-order valence-corrected chi connectivity index (χ0v) is 14.1. The summed E-state index contributed by atoms with van der Waals surface area (Å²) < 4.78 is 21.5. The molecule has 1 aliphatic heterocycles. The second-order valence-corrected chi connectivity index (χ2v) is 5.56. The van der Waals surface area contributed by atoms with Crippen LogP contribution >= 0.6 is 0 Å². The number of hydrogen-bond acceptors (Lipinski definition) is 7. The van der Waals surface area contributed by atoms with E-state index in [1.54, 1.807) is 20.3 Å². The van der Waals surface area contributed by atoms with Crippen molar-refractivity contribution in [3.05, 3.63) is 35.5 Å². The molecule has 0 spiro atoms. The molecule has 1 atom stereocenters. The summed E-state index contributed by atoms with van der Waals surface area (Å²) in [7, 11) is 5.27. The second kappa shape index (κ2) is 7.46. The molecule has 1 fully saturated rings. The molecule has 1 aromatic heterocycles. The van der Waals surface area contributed by atoms with Crippen molar-refractivity contribution in [2.24, 2.45) is 0 Å². The number of morpholine rings is 1. The molecule has 3 rings (SSSR count). The van der Waals surface area contributed by atoms with Crippen molar-refractivity contribution < 1.29 is 18.7 Å². The fourth-order valence-corrected chi connectivity index (χ4v) is 2.50. The maximum atomic E-state index is 5.69. The molecule has 1 aromatic carbocycles. The first kappa shape index (κ1) is 16.5. The molecule has 0 amide bonds. The number of hydrogen-bond donors (Lipinski definition) is 0. The molecule has 0 radical (unpaired) electrons. The van der Waals surface area contributed by atoms with E-state index in [4.69, 9.17) is 18.7 Å². The number of aromatic nitrogens is 2. The van der Waals surface area contributed by atoms with Crippen molar-refractivity contribution >= 4 is 12.2 Å². The Kier molecular flexibility index (Phi) is 5.12. The van der Waals surface area contributed by atoms with Crippen LogP contribution in [0.5, 0.6) is 11.5 Å². The van der Waals surface area contributed by atoms with E-state index < -0.39 is 0 Å². The van der Waals surface area contributed by atoms with Gasteiger partial charge in [0.1, 0.15) is 6.10 Å². The summed E-state index contributed by atoms with van der Waals surface area (Å²) in [5, 5.41) is 4.01. The predicted octanol–water partition coefficient (Wildman–Crippen LogP) is 2.26. The van der Waals surface area contributed by atoms with Gasteiger partial charge in [-0.05, 0) is 30.8 Å². The van der Waals surface area contributed by atoms with Gasteiger partial charge in [0.2, 0.25) is 5.82 Å². The maximum Gasteiger partial charge on any atom is 0.250 e. The number of ether oxygens (including phenoxy) is 3. The van der Waals surface area contributed by atoms with Gasteiger partial charge in [0.25, 0.3) is 5.89 Å². The quantitative estimate of drug-likeness (QED) is 0.832. The largest absolute Gasteiger partial charge is 0.493 e. The van der Waals surface area contributed by atoms with E-state index in [0.717, 1.165) is 18.7 Å². The second-order valence-electron chi connectivity index (χ2n) is 5.56. The summed E-state index contributed by atoms with van der Waals surface area (Å²) in [6.07, 6.45) is 3.51. The van der Waals surface area contributed by atoms with Gasteiger partial charge in [0.15, 0.2) is 11.5 Å². The van der Waals surface area contributed by atoms with E-state index in [9.17, 15) is 0 Å². The predicted molar refractivity (Wildman–Crippen MR) is 89.0 cm³/mol. The summed E-state index contributed by atoms with van der Waals surface area (Å²) in [6, 6.07) is 5.66. The lowest BCUT2D eigenvalue weighted by atomic mass is 10.2. The van der Waals surface area contributed by atoms with Crippen LogP contribution in [0.4, 0.5) is 0 Å². The molecule has 0 bridgehead atoms. The van der Waals surface area contributed by atoms with Crippen molar-refractivity contribution in [2.45, 2.75) is 6.10 Å². The van der Waals surface area contributed by atoms with Gasteiger partial charge < -0.3 is 23.6 Å². The summed E-state index contributed by atoms with van der Waals surface area (Å²) in [6.45, 7) is 2.35. The lowest BCUT2D eigenvalue weighted by molar-refractivity contribution is -0.0264. The van der Waals surface area contributed by atoms with Crippen molar-refractivity contribution in [2.75, 3.05) is 41.0 Å². The minimum Gasteiger partial charge on any atom is -0.493 e. The SMILES string of the molecule is COc1ccc(C=Cc2nc(C3CN(C)CCO3)no2)cc1OC. The van der Waals surface area contributed by atoms with Crippen LogP contribution in [-0.2, 0) is 4.74 Å². The fourth-order valence-electron chi connectivity index (χ4n) is 2.50. The molecule has 1 saturated heterocycles. The van der Waals surface area contributed by atoms with Gasteiger partial charge in [0.05, 0.1) is 20.8 Å². The Hall–Kier alpha value is -2.38. The zero-order chi connectivity index (χ0) is 16.9. The van der Waals surface area contributed by atoms with Crippen LogP contribution in [-0.4, -0.2) is 56.0 Å². The Bertz CT molecular complexity index is 714. The normalized spacial score (nSPS) is 18.9. The maximum absolute atomic E-state index is 5.69. The number of rotatable bonds is 5. The molecule has 1 aliphatic rings. The van der Waals surface area contributed by atoms with Crippen LogP contribution in [0, 0.1) is 0 Å². The molecule has 1 unspecified atom stereocenters. The van der Waals surface area contributed by atoms with Crippen molar-refractivity contribution in [3.63, 3.8) is 0 Å². The molecule has 24 heavy (non-hydrogen) atoms. The third kappa shape index (κ3) is 3.74. The van der Waals surface area contributed by atoms with E-state index in [1.807, 2.05) is 31.3 Å². The zero-order valence-electron chi connectivity index (χ0n) is 14.1. The van der Waals surface area contributed by atoms with Gasteiger partial charge in [0, 0.05) is 19.2 Å². The molecule has 7 heteroatoms. The third-order valence-electron chi connectivity index (χ3n) is 3.84. The molecular weight excluding hydrogens is 310 g/mol. The average Bonchev–Trinajstić information content (AvgIpc) is 3.08. The molecule has 2 heterocycles. The highest BCUT2D eigenvalue weighted by Crippen LogP contribution is 2.28. The van der Waals surface area contributed by atoms with Crippen molar-refractivity contribution in [1.82, 2.24) is 15.0 Å². The Morgan fingerprint density at radius 3 is 2.79 bits per heavy atom. The highest BCUT2D eigenvalue weighted by atomic mass is 16.5. The number of likely N-dealkylation sites (N-methyl/N-ethyl adjacent to an activating group) is 1. The Labute approximate surface area is 140 Å². The van der Waals surface area contributed by atoms with Crippen LogP contribution in [0.3, 0.4) is 0 Å². The van der Waals surface area contributed by atoms with Crippen LogP contribution in [0.1, 0.15) is 23.4 Å². The van der Waals surface area contributed by atoms with Crippen LogP contribution in [0.2, 0.25) is 0 Å². The molecule has 128 valence electrons. The Morgan fingerprint density at radius 1 is 1.21 bits per heavy atom. The first-order chi connectivity index (χ1) is 11.7. The topological polar surface area (TPSA) is 69.9 Å². The summed E-state index contributed by atoms with van der Waals surface area (Å²) in [5.41, 5.74) is 0.945. The van der Waals surface area contributed by atoms with E-state index in [1.165, 1.54) is 0 Å². The van der Waals surface area contributed by atoms with E-state index in [0.29, 0.717) is 29.8 Å². The minimum atomic E-state index is -0.143. The van der Waals surface area contributed by atoms with Gasteiger partial charge in [-0.2, -0.15) is 4.98 Å². The highest BCUT2D eigenvalue weighted by molar-refractivity contribution is 5.67. The number of methoxy groups -OCH3 is 2. The molecule has 0 saturated carbocycles. The van der Waals surface area contributed by atoms with Crippen LogP contribution < -0.4 is 9.47 Å². The van der Waals surface area contributed by atoms with Gasteiger partial charge in [-0.3, -0.25) is 0 Å². The first-order valence-corrected chi connectivity index (χ1v) is 7.73. The van der Waals surface area contributed by atoms with Crippen LogP contribution in [0.25, 0.3) is 12.2 Å². The molecular formula is C17H21N3O4. The van der Waals surface area contributed by atoms with E-state index >= 15 is 0 Å². The monoisotopic (exact) mass is 331 g/mol. The summed E-state index contributed by atoms with van der Waals surface area (Å²) in [5.74, 6) is 2.38. The van der Waals surface area contributed by atoms with E-state index in [2.05, 4.69) is 15.0 Å². The lowest BCUT2D eigenvalue weighted by Gasteiger charge is -2.27. The van der Waals surface area contributed by atoms with Gasteiger partial charge in [-0.25, -0.2) is 0 Å². The molecule has 7 nitrogen and oxygen atoms in total. The summed E-state index contributed by atoms with van der Waals surface area (Å²) in [4.78, 5) is 6.57. The minimum absolute atomic E-state index is 0.143. The highest BCUT2D eigenvalue weighted by Gasteiger charge is 2.23. The smallest absolute Gasteiger partial charge is 0.250 e. The number of benzene rings is 1.